The van der Waals surface area contributed by atoms with Crippen LogP contribution in [0.1, 0.15) is 15.9 Å². The van der Waals surface area contributed by atoms with Gasteiger partial charge >= 0.3 is 5.92 Å². The first-order valence-electron chi connectivity index (χ1n) is 5.25. The maximum Gasteiger partial charge on any atom is 0.334 e. The highest BCUT2D eigenvalue weighted by atomic mass is 19.3. The Bertz CT molecular complexity index is 547. The summed E-state index contributed by atoms with van der Waals surface area (Å²) in [6, 6.07) is 10.9. The molecule has 0 spiro atoms. The zero-order valence-corrected chi connectivity index (χ0v) is 9.24. The minimum atomic E-state index is -3.61. The molecular formula is C14H9F3O. The van der Waals surface area contributed by atoms with Crippen LogP contribution in [0.4, 0.5) is 13.2 Å². The van der Waals surface area contributed by atoms with Crippen molar-refractivity contribution in [2.45, 2.75) is 5.92 Å². The first-order chi connectivity index (χ1) is 8.51. The fourth-order valence-corrected chi connectivity index (χ4v) is 1.56. The van der Waals surface area contributed by atoms with Crippen LogP contribution in [0, 0.1) is 5.82 Å². The molecule has 0 aliphatic carbocycles. The molecule has 0 heterocycles. The summed E-state index contributed by atoms with van der Waals surface area (Å²) in [5.74, 6) is -5.53. The molecule has 0 bridgehead atoms. The smallest absolute Gasteiger partial charge is 0.287 e. The number of benzene rings is 2. The van der Waals surface area contributed by atoms with Gasteiger partial charge in [-0.1, -0.05) is 30.3 Å². The number of carbonyl (C=O) groups is 1. The maximum absolute atomic E-state index is 13.9. The minimum absolute atomic E-state index is 0.217. The van der Waals surface area contributed by atoms with E-state index in [1.807, 2.05) is 0 Å². The first kappa shape index (κ1) is 12.4. The normalized spacial score (nSPS) is 11.3. The summed E-state index contributed by atoms with van der Waals surface area (Å²) in [5.41, 5.74) is -0.593. The van der Waals surface area contributed by atoms with Gasteiger partial charge in [0.25, 0.3) is 0 Å². The summed E-state index contributed by atoms with van der Waals surface area (Å²) in [6.07, 6.45) is 0. The van der Waals surface area contributed by atoms with Crippen molar-refractivity contribution in [1.29, 1.82) is 0 Å². The van der Waals surface area contributed by atoms with E-state index in [4.69, 9.17) is 0 Å². The lowest BCUT2D eigenvalue weighted by molar-refractivity contribution is 0.00742. The summed E-state index contributed by atoms with van der Waals surface area (Å²) < 4.78 is 40.5. The Morgan fingerprint density at radius 1 is 0.889 bits per heavy atom. The third-order valence-electron chi connectivity index (χ3n) is 2.53. The van der Waals surface area contributed by atoms with Crippen molar-refractivity contribution in [3.05, 3.63) is 71.5 Å². The summed E-state index contributed by atoms with van der Waals surface area (Å²) in [7, 11) is 0. The van der Waals surface area contributed by atoms with Crippen molar-refractivity contribution in [2.24, 2.45) is 0 Å². The first-order valence-corrected chi connectivity index (χ1v) is 5.25. The van der Waals surface area contributed by atoms with Gasteiger partial charge in [-0.05, 0) is 24.3 Å². The lowest BCUT2D eigenvalue weighted by atomic mass is 9.99. The van der Waals surface area contributed by atoms with E-state index < -0.39 is 17.5 Å². The second-order valence-corrected chi connectivity index (χ2v) is 3.78. The topological polar surface area (TPSA) is 17.1 Å². The molecule has 0 fully saturated rings. The van der Waals surface area contributed by atoms with Crippen LogP contribution in [0.25, 0.3) is 0 Å². The molecule has 92 valence electrons. The monoisotopic (exact) mass is 250 g/mol. The molecule has 0 atom stereocenters. The van der Waals surface area contributed by atoms with Crippen LogP contribution in [0.3, 0.4) is 0 Å². The largest absolute Gasteiger partial charge is 0.334 e. The predicted octanol–water partition coefficient (Wildman–Crippen LogP) is 3.80. The summed E-state index contributed by atoms with van der Waals surface area (Å²) >= 11 is 0. The number of hydrogen-bond donors (Lipinski definition) is 0. The van der Waals surface area contributed by atoms with Crippen LogP contribution in [-0.2, 0) is 5.92 Å². The molecule has 4 heteroatoms. The standard InChI is InChI=1S/C14H9F3O/c15-12-8-6-10(7-9-12)13(18)14(16,17)11-4-2-1-3-5-11/h1-9H. The molecule has 0 aliphatic heterocycles. The zero-order valence-electron chi connectivity index (χ0n) is 9.24. The van der Waals surface area contributed by atoms with E-state index in [9.17, 15) is 18.0 Å². The van der Waals surface area contributed by atoms with Crippen molar-refractivity contribution < 1.29 is 18.0 Å². The molecule has 0 unspecified atom stereocenters. The minimum Gasteiger partial charge on any atom is -0.287 e. The molecular weight excluding hydrogens is 241 g/mol. The molecule has 2 aromatic carbocycles. The van der Waals surface area contributed by atoms with Crippen LogP contribution in [0.2, 0.25) is 0 Å². The average Bonchev–Trinajstić information content (AvgIpc) is 2.40. The van der Waals surface area contributed by atoms with Crippen molar-refractivity contribution in [3.8, 4) is 0 Å². The molecule has 0 saturated carbocycles. The Morgan fingerprint density at radius 3 is 2.00 bits per heavy atom. The second-order valence-electron chi connectivity index (χ2n) is 3.78. The van der Waals surface area contributed by atoms with E-state index in [0.717, 1.165) is 24.3 Å². The Morgan fingerprint density at radius 2 is 1.44 bits per heavy atom. The number of ketones is 1. The van der Waals surface area contributed by atoms with E-state index in [0.29, 0.717) is 0 Å². The van der Waals surface area contributed by atoms with Crippen LogP contribution in [-0.4, -0.2) is 5.78 Å². The Balaban J connectivity index is 2.36. The number of carbonyl (C=O) groups excluding carboxylic acids is 1. The molecule has 0 aromatic heterocycles. The number of Topliss-reactive ketones (excluding diaryl/α,β-unsaturated/α-hetero) is 1. The molecule has 0 aliphatic rings. The fourth-order valence-electron chi connectivity index (χ4n) is 1.56. The summed E-state index contributed by atoms with van der Waals surface area (Å²) in [6.45, 7) is 0. The lowest BCUT2D eigenvalue weighted by Crippen LogP contribution is -2.26. The number of hydrogen-bond acceptors (Lipinski definition) is 1. The fraction of sp³-hybridized carbons (Fsp3) is 0.0714. The van der Waals surface area contributed by atoms with Gasteiger partial charge in [-0.3, -0.25) is 4.79 Å². The van der Waals surface area contributed by atoms with Crippen molar-refractivity contribution >= 4 is 5.78 Å². The van der Waals surface area contributed by atoms with Gasteiger partial charge in [0.15, 0.2) is 0 Å². The SMILES string of the molecule is O=C(c1ccc(F)cc1)C(F)(F)c1ccccc1. The van der Waals surface area contributed by atoms with E-state index >= 15 is 0 Å². The maximum atomic E-state index is 13.9. The van der Waals surface area contributed by atoms with Crippen molar-refractivity contribution in [2.75, 3.05) is 0 Å². The van der Waals surface area contributed by atoms with E-state index in [1.165, 1.54) is 24.3 Å². The highest BCUT2D eigenvalue weighted by molar-refractivity contribution is 6.01. The third-order valence-corrected chi connectivity index (χ3v) is 2.53. The Hall–Kier alpha value is -2.10. The highest BCUT2D eigenvalue weighted by Gasteiger charge is 2.40. The van der Waals surface area contributed by atoms with Gasteiger partial charge in [-0.25, -0.2) is 4.39 Å². The van der Waals surface area contributed by atoms with Gasteiger partial charge in [0.05, 0.1) is 0 Å². The van der Waals surface area contributed by atoms with Gasteiger partial charge in [0.2, 0.25) is 5.78 Å². The Labute approximate surface area is 102 Å². The summed E-state index contributed by atoms with van der Waals surface area (Å²) in [4.78, 5) is 11.7. The number of halogens is 3. The van der Waals surface area contributed by atoms with Gasteiger partial charge in [-0.2, -0.15) is 8.78 Å². The lowest BCUT2D eigenvalue weighted by Gasteiger charge is -2.15. The molecule has 0 radical (unpaired) electrons. The van der Waals surface area contributed by atoms with Gasteiger partial charge in [0.1, 0.15) is 5.82 Å². The number of rotatable bonds is 3. The van der Waals surface area contributed by atoms with Gasteiger partial charge in [0, 0.05) is 11.1 Å². The molecule has 1 nitrogen and oxygen atoms in total. The molecule has 0 amide bonds. The average molecular weight is 250 g/mol. The number of alkyl halides is 2. The summed E-state index contributed by atoms with van der Waals surface area (Å²) in [5, 5.41) is 0. The van der Waals surface area contributed by atoms with Crippen LogP contribution < -0.4 is 0 Å². The van der Waals surface area contributed by atoms with Gasteiger partial charge < -0.3 is 0 Å². The van der Waals surface area contributed by atoms with Crippen molar-refractivity contribution in [1.82, 2.24) is 0 Å². The highest BCUT2D eigenvalue weighted by Crippen LogP contribution is 2.31. The molecule has 0 saturated heterocycles. The molecule has 18 heavy (non-hydrogen) atoms. The van der Waals surface area contributed by atoms with Gasteiger partial charge in [-0.15, -0.1) is 0 Å². The van der Waals surface area contributed by atoms with E-state index in [-0.39, 0.29) is 11.1 Å². The van der Waals surface area contributed by atoms with Crippen molar-refractivity contribution in [3.63, 3.8) is 0 Å². The van der Waals surface area contributed by atoms with Crippen LogP contribution in [0.15, 0.2) is 54.6 Å². The predicted molar refractivity (Wildman–Crippen MR) is 61.1 cm³/mol. The third kappa shape index (κ3) is 2.27. The quantitative estimate of drug-likeness (QED) is 0.757. The Kier molecular flexibility index (Phi) is 3.19. The molecule has 0 N–H and O–H groups in total. The second kappa shape index (κ2) is 4.64. The van der Waals surface area contributed by atoms with Crippen LogP contribution >= 0.6 is 0 Å². The molecule has 2 aromatic rings. The van der Waals surface area contributed by atoms with E-state index in [1.54, 1.807) is 6.07 Å². The zero-order chi connectivity index (χ0) is 13.2. The van der Waals surface area contributed by atoms with E-state index in [2.05, 4.69) is 0 Å². The van der Waals surface area contributed by atoms with Crippen LogP contribution in [0.5, 0.6) is 0 Å². The molecule has 2 rings (SSSR count).